The highest BCUT2D eigenvalue weighted by atomic mass is 79.9. The van der Waals surface area contributed by atoms with Crippen LogP contribution in [0.3, 0.4) is 0 Å². The lowest BCUT2D eigenvalue weighted by Gasteiger charge is -2.03. The Kier molecular flexibility index (Phi) is 4.93. The van der Waals surface area contributed by atoms with Gasteiger partial charge in [0.15, 0.2) is 5.78 Å². The fraction of sp³-hybridized carbons (Fsp3) is 0.300. The van der Waals surface area contributed by atoms with Crippen molar-refractivity contribution in [3.63, 3.8) is 0 Å². The van der Waals surface area contributed by atoms with Crippen LogP contribution in [0, 0.1) is 0 Å². The van der Waals surface area contributed by atoms with E-state index in [1.165, 1.54) is 0 Å². The summed E-state index contributed by atoms with van der Waals surface area (Å²) in [5.41, 5.74) is 1.59. The third-order valence-corrected chi connectivity index (χ3v) is 3.08. The first-order valence-corrected chi connectivity index (χ1v) is 5.98. The Morgan fingerprint density at radius 2 is 2.07 bits per heavy atom. The van der Waals surface area contributed by atoms with Gasteiger partial charge < -0.3 is 0 Å². The largest absolute Gasteiger partial charge is 0.294 e. The summed E-state index contributed by atoms with van der Waals surface area (Å²) < 4.78 is 0.926. The van der Waals surface area contributed by atoms with Crippen LogP contribution in [0.2, 0.25) is 0 Å². The van der Waals surface area contributed by atoms with Gasteiger partial charge in [-0.1, -0.05) is 22.0 Å². The normalized spacial score (nSPS) is 10.2. The SMILES string of the molecule is O=C(CCCl)c1ccc(Br)c(CCl)c1. The molecule has 76 valence electrons. The summed E-state index contributed by atoms with van der Waals surface area (Å²) in [4.78, 5) is 11.5. The molecule has 0 heterocycles. The van der Waals surface area contributed by atoms with Crippen molar-refractivity contribution in [1.29, 1.82) is 0 Å². The molecule has 14 heavy (non-hydrogen) atoms. The minimum Gasteiger partial charge on any atom is -0.294 e. The van der Waals surface area contributed by atoms with Gasteiger partial charge in [0, 0.05) is 28.2 Å². The molecule has 0 atom stereocenters. The van der Waals surface area contributed by atoms with Gasteiger partial charge in [0.05, 0.1) is 0 Å². The molecule has 0 aromatic heterocycles. The highest BCUT2D eigenvalue weighted by Crippen LogP contribution is 2.20. The second-order valence-corrected chi connectivity index (χ2v) is 4.30. The highest BCUT2D eigenvalue weighted by molar-refractivity contribution is 9.10. The van der Waals surface area contributed by atoms with Gasteiger partial charge in [0.25, 0.3) is 0 Å². The molecule has 1 nitrogen and oxygen atoms in total. The smallest absolute Gasteiger partial charge is 0.164 e. The van der Waals surface area contributed by atoms with Crippen LogP contribution in [0.25, 0.3) is 0 Å². The van der Waals surface area contributed by atoms with E-state index in [1.54, 1.807) is 12.1 Å². The summed E-state index contributed by atoms with van der Waals surface area (Å²) in [6.45, 7) is 0. The van der Waals surface area contributed by atoms with Crippen LogP contribution in [0.4, 0.5) is 0 Å². The van der Waals surface area contributed by atoms with Gasteiger partial charge in [0.2, 0.25) is 0 Å². The van der Waals surface area contributed by atoms with Crippen molar-refractivity contribution in [1.82, 2.24) is 0 Å². The Balaban J connectivity index is 2.94. The van der Waals surface area contributed by atoms with E-state index >= 15 is 0 Å². The second-order valence-electron chi connectivity index (χ2n) is 2.80. The van der Waals surface area contributed by atoms with E-state index in [9.17, 15) is 4.79 Å². The molecule has 0 radical (unpaired) electrons. The number of halogens is 3. The van der Waals surface area contributed by atoms with Gasteiger partial charge >= 0.3 is 0 Å². The van der Waals surface area contributed by atoms with Crippen LogP contribution >= 0.6 is 39.1 Å². The van der Waals surface area contributed by atoms with E-state index in [-0.39, 0.29) is 5.78 Å². The monoisotopic (exact) mass is 294 g/mol. The maximum atomic E-state index is 11.5. The lowest BCUT2D eigenvalue weighted by atomic mass is 10.1. The quantitative estimate of drug-likeness (QED) is 0.606. The fourth-order valence-electron chi connectivity index (χ4n) is 1.08. The van der Waals surface area contributed by atoms with Gasteiger partial charge in [-0.05, 0) is 17.7 Å². The zero-order chi connectivity index (χ0) is 10.6. The molecule has 0 aliphatic rings. The van der Waals surface area contributed by atoms with E-state index in [1.807, 2.05) is 6.07 Å². The van der Waals surface area contributed by atoms with Crippen molar-refractivity contribution in [2.45, 2.75) is 12.3 Å². The number of ketones is 1. The minimum absolute atomic E-state index is 0.0545. The number of carbonyl (C=O) groups excluding carboxylic acids is 1. The topological polar surface area (TPSA) is 17.1 Å². The molecule has 0 aliphatic carbocycles. The Labute approximate surface area is 102 Å². The van der Waals surface area contributed by atoms with E-state index in [0.29, 0.717) is 23.7 Å². The predicted octanol–water partition coefficient (Wildman–Crippen LogP) is 4.00. The molecule has 0 saturated heterocycles. The van der Waals surface area contributed by atoms with Crippen LogP contribution < -0.4 is 0 Å². The molecule has 0 bridgehead atoms. The first kappa shape index (κ1) is 12.0. The molecule has 1 rings (SSSR count). The van der Waals surface area contributed by atoms with Crippen molar-refractivity contribution in [2.24, 2.45) is 0 Å². The summed E-state index contributed by atoms with van der Waals surface area (Å²) in [6, 6.07) is 5.40. The molecule has 0 saturated carbocycles. The Hall–Kier alpha value is -0.0500. The number of Topliss-reactive ketones (excluding diaryl/α,β-unsaturated/α-hetero) is 1. The Morgan fingerprint density at radius 1 is 1.36 bits per heavy atom. The Bertz CT molecular complexity index is 339. The number of benzene rings is 1. The zero-order valence-electron chi connectivity index (χ0n) is 7.40. The molecular formula is C10H9BrCl2O. The summed E-state index contributed by atoms with van der Waals surface area (Å²) in [7, 11) is 0. The maximum absolute atomic E-state index is 11.5. The summed E-state index contributed by atoms with van der Waals surface area (Å²) in [5, 5.41) is 0. The van der Waals surface area contributed by atoms with Crippen LogP contribution in [-0.2, 0) is 5.88 Å². The molecule has 0 aliphatic heterocycles. The van der Waals surface area contributed by atoms with E-state index in [0.717, 1.165) is 10.0 Å². The summed E-state index contributed by atoms with van der Waals surface area (Å²) in [5.74, 6) is 0.798. The molecule has 0 unspecified atom stereocenters. The standard InChI is InChI=1S/C10H9BrCl2O/c11-9-2-1-7(5-8(9)6-13)10(14)3-4-12/h1-2,5H,3-4,6H2. The molecule has 1 aromatic rings. The summed E-state index contributed by atoms with van der Waals surface area (Å²) >= 11 is 14.6. The van der Waals surface area contributed by atoms with Crippen molar-refractivity contribution in [3.05, 3.63) is 33.8 Å². The van der Waals surface area contributed by atoms with Crippen LogP contribution in [0.1, 0.15) is 22.3 Å². The average molecular weight is 296 g/mol. The number of hydrogen-bond acceptors (Lipinski definition) is 1. The average Bonchev–Trinajstić information content (AvgIpc) is 2.19. The molecule has 0 fully saturated rings. The van der Waals surface area contributed by atoms with Gasteiger partial charge in [-0.15, -0.1) is 23.2 Å². The fourth-order valence-corrected chi connectivity index (χ4v) is 2.02. The third-order valence-electron chi connectivity index (χ3n) is 1.83. The van der Waals surface area contributed by atoms with Gasteiger partial charge in [0.1, 0.15) is 0 Å². The minimum atomic E-state index is 0.0545. The van der Waals surface area contributed by atoms with Crippen LogP contribution in [0.5, 0.6) is 0 Å². The van der Waals surface area contributed by atoms with Crippen molar-refractivity contribution in [3.8, 4) is 0 Å². The molecule has 0 N–H and O–H groups in total. The van der Waals surface area contributed by atoms with E-state index < -0.39 is 0 Å². The van der Waals surface area contributed by atoms with Crippen molar-refractivity contribution >= 4 is 44.9 Å². The van der Waals surface area contributed by atoms with E-state index in [4.69, 9.17) is 23.2 Å². The Morgan fingerprint density at radius 3 is 2.64 bits per heavy atom. The summed E-state index contributed by atoms with van der Waals surface area (Å²) in [6.07, 6.45) is 0.366. The van der Waals surface area contributed by atoms with Crippen LogP contribution in [0.15, 0.2) is 22.7 Å². The lowest BCUT2D eigenvalue weighted by molar-refractivity contribution is 0.0989. The molecular weight excluding hydrogens is 287 g/mol. The number of carbonyl (C=O) groups is 1. The predicted molar refractivity (Wildman–Crippen MR) is 63.4 cm³/mol. The van der Waals surface area contributed by atoms with Gasteiger partial charge in [-0.25, -0.2) is 0 Å². The number of alkyl halides is 2. The lowest BCUT2D eigenvalue weighted by Crippen LogP contribution is -2.00. The second kappa shape index (κ2) is 5.74. The molecule has 0 amide bonds. The van der Waals surface area contributed by atoms with E-state index in [2.05, 4.69) is 15.9 Å². The van der Waals surface area contributed by atoms with Crippen molar-refractivity contribution in [2.75, 3.05) is 5.88 Å². The zero-order valence-corrected chi connectivity index (χ0v) is 10.5. The molecule has 4 heteroatoms. The van der Waals surface area contributed by atoms with Gasteiger partial charge in [-0.2, -0.15) is 0 Å². The number of rotatable bonds is 4. The maximum Gasteiger partial charge on any atom is 0.164 e. The first-order chi connectivity index (χ1) is 6.69. The first-order valence-electron chi connectivity index (χ1n) is 4.12. The molecule has 0 spiro atoms. The highest BCUT2D eigenvalue weighted by Gasteiger charge is 2.07. The molecule has 1 aromatic carbocycles. The third kappa shape index (κ3) is 2.97. The number of hydrogen-bond donors (Lipinski definition) is 0. The van der Waals surface area contributed by atoms with Gasteiger partial charge in [-0.3, -0.25) is 4.79 Å². The van der Waals surface area contributed by atoms with Crippen molar-refractivity contribution < 1.29 is 4.79 Å². The van der Waals surface area contributed by atoms with Crippen LogP contribution in [-0.4, -0.2) is 11.7 Å².